The Hall–Kier alpha value is -1.63. The molecule has 1 aliphatic heterocycles. The fraction of sp³-hybridized carbons (Fsp3) is 0.385. The molecular weight excluding hydrogens is 279 g/mol. The van der Waals surface area contributed by atoms with Crippen LogP contribution < -0.4 is 10.6 Å². The highest BCUT2D eigenvalue weighted by atomic mass is 19.4. The summed E-state index contributed by atoms with van der Waals surface area (Å²) in [5, 5.41) is 0. The zero-order valence-corrected chi connectivity index (χ0v) is 10.5. The van der Waals surface area contributed by atoms with Gasteiger partial charge in [-0.15, -0.1) is 0 Å². The third-order valence-corrected chi connectivity index (χ3v) is 3.28. The van der Waals surface area contributed by atoms with Crippen LogP contribution in [-0.4, -0.2) is 19.3 Å². The molecule has 7 heteroatoms. The van der Waals surface area contributed by atoms with Gasteiger partial charge in [-0.1, -0.05) is 12.1 Å². The Morgan fingerprint density at radius 1 is 1.15 bits per heavy atom. The van der Waals surface area contributed by atoms with Crippen LogP contribution in [0.15, 0.2) is 23.8 Å². The molecule has 0 atom stereocenters. The maximum atomic E-state index is 13.8. The van der Waals surface area contributed by atoms with E-state index in [0.29, 0.717) is 0 Å². The van der Waals surface area contributed by atoms with E-state index in [1.807, 2.05) is 0 Å². The molecule has 1 aromatic rings. The molecule has 0 unspecified atom stereocenters. The number of halogens is 5. The molecule has 1 aliphatic rings. The van der Waals surface area contributed by atoms with E-state index in [1.165, 1.54) is 17.0 Å². The average Bonchev–Trinajstić information content (AvgIpc) is 2.41. The van der Waals surface area contributed by atoms with Gasteiger partial charge < -0.3 is 10.6 Å². The van der Waals surface area contributed by atoms with Gasteiger partial charge >= 0.3 is 6.18 Å². The number of alkyl halides is 3. The Bertz CT molecular complexity index is 536. The largest absolute Gasteiger partial charge is 0.412 e. The number of rotatable bonds is 2. The van der Waals surface area contributed by atoms with E-state index in [2.05, 4.69) is 0 Å². The number of nitrogens with two attached hydrogens (primary N) is 1. The third-order valence-electron chi connectivity index (χ3n) is 3.28. The first-order valence-corrected chi connectivity index (χ1v) is 6.02. The summed E-state index contributed by atoms with van der Waals surface area (Å²) in [4.78, 5) is 1.37. The summed E-state index contributed by atoms with van der Waals surface area (Å²) in [5.41, 5.74) is 4.62. The maximum Gasteiger partial charge on any atom is 0.412 e. The number of hydrogen-bond donors (Lipinski definition) is 1. The van der Waals surface area contributed by atoms with Crippen LogP contribution >= 0.6 is 0 Å². The molecule has 1 aromatic carbocycles. The number of anilines is 1. The Morgan fingerprint density at radius 2 is 1.85 bits per heavy atom. The average molecular weight is 292 g/mol. The molecule has 0 saturated carbocycles. The fourth-order valence-corrected chi connectivity index (χ4v) is 2.13. The minimum atomic E-state index is -4.36. The van der Waals surface area contributed by atoms with Crippen molar-refractivity contribution in [2.24, 2.45) is 5.73 Å². The van der Waals surface area contributed by atoms with E-state index in [9.17, 15) is 22.0 Å². The summed E-state index contributed by atoms with van der Waals surface area (Å²) >= 11 is 0. The standard InChI is InChI=1S/C13H13F5N2/c14-11-8(7-19)1-2-10(12(11)15)20-5-3-9(4-6-20)13(16,17)18/h1-3H,4-7,19H2. The van der Waals surface area contributed by atoms with Gasteiger partial charge in [-0.25, -0.2) is 8.78 Å². The van der Waals surface area contributed by atoms with Crippen molar-refractivity contribution in [3.63, 3.8) is 0 Å². The van der Waals surface area contributed by atoms with Crippen molar-refractivity contribution >= 4 is 5.69 Å². The van der Waals surface area contributed by atoms with Gasteiger partial charge in [0, 0.05) is 30.8 Å². The summed E-state index contributed by atoms with van der Waals surface area (Å²) in [6.45, 7) is -0.252. The molecule has 0 spiro atoms. The van der Waals surface area contributed by atoms with Gasteiger partial charge in [0.25, 0.3) is 0 Å². The first-order valence-electron chi connectivity index (χ1n) is 6.02. The van der Waals surface area contributed by atoms with E-state index in [0.717, 1.165) is 6.08 Å². The molecule has 1 heterocycles. The highest BCUT2D eigenvalue weighted by molar-refractivity contribution is 5.51. The van der Waals surface area contributed by atoms with E-state index >= 15 is 0 Å². The molecule has 0 fully saturated rings. The van der Waals surface area contributed by atoms with Gasteiger partial charge in [0.05, 0.1) is 5.69 Å². The van der Waals surface area contributed by atoms with E-state index < -0.39 is 23.4 Å². The lowest BCUT2D eigenvalue weighted by Gasteiger charge is -2.29. The number of hydrogen-bond acceptors (Lipinski definition) is 2. The Morgan fingerprint density at radius 3 is 2.35 bits per heavy atom. The lowest BCUT2D eigenvalue weighted by atomic mass is 10.1. The molecule has 0 aromatic heterocycles. The van der Waals surface area contributed by atoms with Crippen molar-refractivity contribution < 1.29 is 22.0 Å². The highest BCUT2D eigenvalue weighted by Crippen LogP contribution is 2.32. The quantitative estimate of drug-likeness (QED) is 0.670. The lowest BCUT2D eigenvalue weighted by molar-refractivity contribution is -0.0944. The Kier molecular flexibility index (Phi) is 3.99. The van der Waals surface area contributed by atoms with Crippen LogP contribution in [0.5, 0.6) is 0 Å². The van der Waals surface area contributed by atoms with Gasteiger partial charge in [-0.2, -0.15) is 13.2 Å². The van der Waals surface area contributed by atoms with Gasteiger partial charge in [0.15, 0.2) is 11.6 Å². The predicted octanol–water partition coefficient (Wildman–Crippen LogP) is 3.12. The molecule has 0 radical (unpaired) electrons. The first-order chi connectivity index (χ1) is 9.34. The number of nitrogens with zero attached hydrogens (tertiary/aromatic N) is 1. The highest BCUT2D eigenvalue weighted by Gasteiger charge is 2.35. The predicted molar refractivity (Wildman–Crippen MR) is 65.2 cm³/mol. The molecule has 0 bridgehead atoms. The maximum absolute atomic E-state index is 13.8. The van der Waals surface area contributed by atoms with E-state index in [4.69, 9.17) is 5.73 Å². The second-order valence-corrected chi connectivity index (χ2v) is 4.50. The van der Waals surface area contributed by atoms with Crippen molar-refractivity contribution in [1.82, 2.24) is 0 Å². The van der Waals surface area contributed by atoms with Gasteiger partial charge in [0.1, 0.15) is 0 Å². The van der Waals surface area contributed by atoms with Crippen molar-refractivity contribution in [2.75, 3.05) is 18.0 Å². The van der Waals surface area contributed by atoms with Crippen LogP contribution in [0.1, 0.15) is 12.0 Å². The molecule has 0 saturated heterocycles. The lowest BCUT2D eigenvalue weighted by Crippen LogP contribution is -2.32. The van der Waals surface area contributed by atoms with Crippen molar-refractivity contribution in [2.45, 2.75) is 19.1 Å². The van der Waals surface area contributed by atoms with E-state index in [1.54, 1.807) is 0 Å². The molecule has 0 amide bonds. The molecule has 2 N–H and O–H groups in total. The molecule has 110 valence electrons. The normalized spacial score (nSPS) is 16.3. The molecule has 2 nitrogen and oxygen atoms in total. The van der Waals surface area contributed by atoms with Crippen LogP contribution in [0, 0.1) is 11.6 Å². The Labute approximate surface area is 112 Å². The molecule has 0 aliphatic carbocycles. The summed E-state index contributed by atoms with van der Waals surface area (Å²) in [6.07, 6.45) is -3.61. The molecule has 2 rings (SSSR count). The smallest absolute Gasteiger partial charge is 0.365 e. The summed E-state index contributed by atoms with van der Waals surface area (Å²) in [7, 11) is 0. The molecule has 20 heavy (non-hydrogen) atoms. The summed E-state index contributed by atoms with van der Waals surface area (Å²) in [5.74, 6) is -2.12. The van der Waals surface area contributed by atoms with Crippen molar-refractivity contribution in [3.05, 3.63) is 41.0 Å². The summed E-state index contributed by atoms with van der Waals surface area (Å²) in [6, 6.07) is 2.68. The van der Waals surface area contributed by atoms with Crippen LogP contribution in [0.4, 0.5) is 27.6 Å². The summed E-state index contributed by atoms with van der Waals surface area (Å²) < 4.78 is 64.9. The van der Waals surface area contributed by atoms with Gasteiger partial charge in [-0.3, -0.25) is 0 Å². The van der Waals surface area contributed by atoms with Gasteiger partial charge in [0.2, 0.25) is 0 Å². The monoisotopic (exact) mass is 292 g/mol. The van der Waals surface area contributed by atoms with Gasteiger partial charge in [-0.05, 0) is 12.5 Å². The van der Waals surface area contributed by atoms with Crippen LogP contribution in [-0.2, 0) is 6.54 Å². The minimum absolute atomic E-state index is 0.0102. The third kappa shape index (κ3) is 2.77. The van der Waals surface area contributed by atoms with E-state index in [-0.39, 0.29) is 37.3 Å². The van der Waals surface area contributed by atoms with Crippen molar-refractivity contribution in [1.29, 1.82) is 0 Å². The van der Waals surface area contributed by atoms with Crippen LogP contribution in [0.3, 0.4) is 0 Å². The Balaban J connectivity index is 2.24. The topological polar surface area (TPSA) is 29.3 Å². The van der Waals surface area contributed by atoms with Crippen LogP contribution in [0.2, 0.25) is 0 Å². The number of benzene rings is 1. The van der Waals surface area contributed by atoms with Crippen molar-refractivity contribution in [3.8, 4) is 0 Å². The first kappa shape index (κ1) is 14.8. The second kappa shape index (κ2) is 5.40. The molecular formula is C13H13F5N2. The fourth-order valence-electron chi connectivity index (χ4n) is 2.13. The minimum Gasteiger partial charge on any atom is -0.365 e. The second-order valence-electron chi connectivity index (χ2n) is 4.50. The zero-order valence-electron chi connectivity index (χ0n) is 10.5. The SMILES string of the molecule is NCc1ccc(N2CC=C(C(F)(F)F)CC2)c(F)c1F. The van der Waals surface area contributed by atoms with Crippen LogP contribution in [0.25, 0.3) is 0 Å². The zero-order chi connectivity index (χ0) is 14.9.